The van der Waals surface area contributed by atoms with Gasteiger partial charge in [0.15, 0.2) is 0 Å². The third-order valence-corrected chi connectivity index (χ3v) is 3.82. The molecule has 0 amide bonds. The van der Waals surface area contributed by atoms with Crippen molar-refractivity contribution < 1.29 is 9.84 Å². The van der Waals surface area contributed by atoms with Crippen LogP contribution in [0.25, 0.3) is 0 Å². The molecule has 2 rings (SSSR count). The van der Waals surface area contributed by atoms with E-state index in [1.807, 2.05) is 30.3 Å². The molecular formula is C17H27N3O2. The van der Waals surface area contributed by atoms with E-state index in [-0.39, 0.29) is 6.61 Å². The molecule has 1 atom stereocenters. The predicted molar refractivity (Wildman–Crippen MR) is 88.9 cm³/mol. The summed E-state index contributed by atoms with van der Waals surface area (Å²) in [6, 6.07) is 7.87. The van der Waals surface area contributed by atoms with Crippen molar-refractivity contribution in [3.63, 3.8) is 0 Å². The lowest BCUT2D eigenvalue weighted by Crippen LogP contribution is -2.52. The number of rotatable bonds is 8. The highest BCUT2D eigenvalue weighted by atomic mass is 16.5. The molecule has 0 radical (unpaired) electrons. The fourth-order valence-corrected chi connectivity index (χ4v) is 2.41. The van der Waals surface area contributed by atoms with Crippen LogP contribution in [-0.4, -0.2) is 67.5 Å². The van der Waals surface area contributed by atoms with Gasteiger partial charge in [-0.3, -0.25) is 5.43 Å². The minimum absolute atomic E-state index is 0.287. The average molecular weight is 305 g/mol. The summed E-state index contributed by atoms with van der Waals surface area (Å²) in [4.78, 5) is 2.30. The number of benzene rings is 1. The fraction of sp³-hybridized carbons (Fsp3) is 0.529. The number of ether oxygens (including phenoxy) is 1. The molecule has 1 unspecified atom stereocenters. The zero-order valence-electron chi connectivity index (χ0n) is 13.4. The molecule has 0 saturated carbocycles. The van der Waals surface area contributed by atoms with E-state index in [4.69, 9.17) is 4.74 Å². The molecule has 1 saturated heterocycles. The molecule has 0 bridgehead atoms. The summed E-state index contributed by atoms with van der Waals surface area (Å²) in [6.07, 6.45) is 2.09. The number of para-hydroxylation sites is 1. The van der Waals surface area contributed by atoms with Crippen LogP contribution in [0.2, 0.25) is 0 Å². The number of allylic oxidation sites excluding steroid dienone is 1. The number of aliphatic hydroxyl groups is 1. The van der Waals surface area contributed by atoms with Gasteiger partial charge in [-0.25, -0.2) is 5.01 Å². The zero-order valence-corrected chi connectivity index (χ0v) is 13.4. The summed E-state index contributed by atoms with van der Waals surface area (Å²) in [7, 11) is 2.13. The number of hydrazine groups is 1. The highest BCUT2D eigenvalue weighted by Gasteiger charge is 2.15. The molecule has 1 heterocycles. The third kappa shape index (κ3) is 5.42. The summed E-state index contributed by atoms with van der Waals surface area (Å²) in [5.41, 5.74) is 4.37. The number of hydrogen-bond acceptors (Lipinski definition) is 5. The number of nitrogens with one attached hydrogen (secondary N) is 1. The Hall–Kier alpha value is -1.40. The number of hydrogen-bond donors (Lipinski definition) is 2. The maximum Gasteiger partial charge on any atom is 0.122 e. The Bertz CT molecular complexity index is 459. The van der Waals surface area contributed by atoms with Crippen molar-refractivity contribution in [1.82, 2.24) is 15.3 Å². The van der Waals surface area contributed by atoms with Crippen molar-refractivity contribution in [2.75, 3.05) is 46.4 Å². The standard InChI is InChI=1S/C17H27N3O2/c1-3-6-15-7-4-5-8-17(15)22-14-16(21)13-18-20-11-9-19(2)10-12-20/h3-5,7-8,16,18,21H,1,6,9-14H2,2H3. The second kappa shape index (κ2) is 8.90. The van der Waals surface area contributed by atoms with Crippen LogP contribution in [0.4, 0.5) is 0 Å². The largest absolute Gasteiger partial charge is 0.491 e. The van der Waals surface area contributed by atoms with Crippen LogP contribution in [0.15, 0.2) is 36.9 Å². The molecule has 22 heavy (non-hydrogen) atoms. The molecule has 2 N–H and O–H groups in total. The normalized spacial score (nSPS) is 18.1. The van der Waals surface area contributed by atoms with Gasteiger partial charge in [-0.1, -0.05) is 24.3 Å². The monoisotopic (exact) mass is 305 g/mol. The molecule has 5 nitrogen and oxygen atoms in total. The van der Waals surface area contributed by atoms with E-state index in [0.29, 0.717) is 6.54 Å². The van der Waals surface area contributed by atoms with Gasteiger partial charge in [0, 0.05) is 32.7 Å². The minimum Gasteiger partial charge on any atom is -0.491 e. The van der Waals surface area contributed by atoms with Crippen LogP contribution >= 0.6 is 0 Å². The van der Waals surface area contributed by atoms with Crippen molar-refractivity contribution in [1.29, 1.82) is 0 Å². The smallest absolute Gasteiger partial charge is 0.122 e. The second-order valence-electron chi connectivity index (χ2n) is 5.72. The van der Waals surface area contributed by atoms with Crippen LogP contribution in [0.1, 0.15) is 5.56 Å². The maximum absolute atomic E-state index is 10.1. The average Bonchev–Trinajstić information content (AvgIpc) is 2.54. The minimum atomic E-state index is -0.531. The SMILES string of the molecule is C=CCc1ccccc1OCC(O)CNN1CCN(C)CC1. The summed E-state index contributed by atoms with van der Waals surface area (Å²) >= 11 is 0. The Morgan fingerprint density at radius 1 is 1.32 bits per heavy atom. The predicted octanol–water partition coefficient (Wildman–Crippen LogP) is 0.907. The molecule has 1 aromatic rings. The first kappa shape index (κ1) is 17.0. The van der Waals surface area contributed by atoms with Gasteiger partial charge < -0.3 is 14.7 Å². The first-order valence-electron chi connectivity index (χ1n) is 7.85. The number of aliphatic hydroxyl groups excluding tert-OH is 1. The van der Waals surface area contributed by atoms with E-state index in [1.165, 1.54) is 0 Å². The molecule has 1 aromatic carbocycles. The Labute approximate surface area is 133 Å². The van der Waals surface area contributed by atoms with Crippen molar-refractivity contribution >= 4 is 0 Å². The van der Waals surface area contributed by atoms with Crippen molar-refractivity contribution in [2.24, 2.45) is 0 Å². The Morgan fingerprint density at radius 2 is 2.05 bits per heavy atom. The van der Waals surface area contributed by atoms with E-state index in [9.17, 15) is 5.11 Å². The number of nitrogens with zero attached hydrogens (tertiary/aromatic N) is 2. The van der Waals surface area contributed by atoms with Crippen LogP contribution in [-0.2, 0) is 6.42 Å². The molecule has 0 spiro atoms. The molecule has 0 aliphatic carbocycles. The molecule has 1 aliphatic rings. The first-order valence-corrected chi connectivity index (χ1v) is 7.85. The van der Waals surface area contributed by atoms with Crippen LogP contribution in [0.3, 0.4) is 0 Å². The van der Waals surface area contributed by atoms with Crippen LogP contribution in [0, 0.1) is 0 Å². The molecule has 122 valence electrons. The van der Waals surface area contributed by atoms with Gasteiger partial charge in [-0.15, -0.1) is 6.58 Å². The number of piperazine rings is 1. The Kier molecular flexibility index (Phi) is 6.86. The van der Waals surface area contributed by atoms with E-state index >= 15 is 0 Å². The first-order chi connectivity index (χ1) is 10.7. The van der Waals surface area contributed by atoms with Gasteiger partial charge in [0.2, 0.25) is 0 Å². The van der Waals surface area contributed by atoms with E-state index < -0.39 is 6.10 Å². The lowest BCUT2D eigenvalue weighted by atomic mass is 10.1. The summed E-state index contributed by atoms with van der Waals surface area (Å²) in [5, 5.41) is 12.2. The van der Waals surface area contributed by atoms with Gasteiger partial charge in [-0.2, -0.15) is 0 Å². The van der Waals surface area contributed by atoms with Gasteiger partial charge in [0.1, 0.15) is 18.5 Å². The summed E-state index contributed by atoms with van der Waals surface area (Å²) < 4.78 is 5.74. The molecular weight excluding hydrogens is 278 g/mol. The van der Waals surface area contributed by atoms with E-state index in [2.05, 4.69) is 29.0 Å². The Morgan fingerprint density at radius 3 is 2.77 bits per heavy atom. The van der Waals surface area contributed by atoms with Gasteiger partial charge >= 0.3 is 0 Å². The zero-order chi connectivity index (χ0) is 15.8. The number of likely N-dealkylation sites (N-methyl/N-ethyl adjacent to an activating group) is 1. The highest BCUT2D eigenvalue weighted by Crippen LogP contribution is 2.18. The van der Waals surface area contributed by atoms with Crippen molar-refractivity contribution in [3.05, 3.63) is 42.5 Å². The topological polar surface area (TPSA) is 48.0 Å². The van der Waals surface area contributed by atoms with Crippen LogP contribution < -0.4 is 10.2 Å². The maximum atomic E-state index is 10.1. The fourth-order valence-electron chi connectivity index (χ4n) is 2.41. The third-order valence-electron chi connectivity index (χ3n) is 3.82. The van der Waals surface area contributed by atoms with E-state index in [0.717, 1.165) is 43.9 Å². The van der Waals surface area contributed by atoms with E-state index in [1.54, 1.807) is 0 Å². The summed E-state index contributed by atoms with van der Waals surface area (Å²) in [5.74, 6) is 0.820. The molecule has 5 heteroatoms. The lowest BCUT2D eigenvalue weighted by molar-refractivity contribution is 0.0547. The van der Waals surface area contributed by atoms with Gasteiger partial charge in [0.25, 0.3) is 0 Å². The van der Waals surface area contributed by atoms with Crippen molar-refractivity contribution in [3.8, 4) is 5.75 Å². The quantitative estimate of drug-likeness (QED) is 0.699. The molecule has 0 aromatic heterocycles. The lowest BCUT2D eigenvalue weighted by Gasteiger charge is -2.33. The van der Waals surface area contributed by atoms with Crippen LogP contribution in [0.5, 0.6) is 5.75 Å². The van der Waals surface area contributed by atoms with Gasteiger partial charge in [-0.05, 0) is 25.1 Å². The van der Waals surface area contributed by atoms with Gasteiger partial charge in [0.05, 0.1) is 0 Å². The second-order valence-corrected chi connectivity index (χ2v) is 5.72. The van der Waals surface area contributed by atoms with Crippen molar-refractivity contribution in [2.45, 2.75) is 12.5 Å². The molecule has 1 fully saturated rings. The molecule has 1 aliphatic heterocycles. The Balaban J connectivity index is 1.71. The highest BCUT2D eigenvalue weighted by molar-refractivity contribution is 5.34. The summed E-state index contributed by atoms with van der Waals surface area (Å²) in [6.45, 7) is 8.61.